The second-order valence-electron chi connectivity index (χ2n) is 8.99. The monoisotopic (exact) mass is 771 g/mol. The fourth-order valence-electron chi connectivity index (χ4n) is 3.89. The quantitative estimate of drug-likeness (QED) is 0.200. The molecule has 221 valence electrons. The first-order valence-corrected chi connectivity index (χ1v) is 13.3. The fraction of sp³-hybridized carbons (Fsp3) is 0. The van der Waals surface area contributed by atoms with E-state index in [2.05, 4.69) is 29.9 Å². The number of ketones is 4. The molecule has 0 aliphatic carbocycles. The summed E-state index contributed by atoms with van der Waals surface area (Å²) in [6.07, 6.45) is 6.15. The van der Waals surface area contributed by atoms with Crippen LogP contribution in [0.5, 0.6) is 0 Å². The van der Waals surface area contributed by atoms with E-state index in [1.54, 1.807) is 109 Å². The van der Waals surface area contributed by atoms with Crippen molar-refractivity contribution < 1.29 is 39.3 Å². The third kappa shape index (κ3) is 8.20. The summed E-state index contributed by atoms with van der Waals surface area (Å²) in [5.74, 6) is -1.29. The van der Waals surface area contributed by atoms with Gasteiger partial charge in [0.1, 0.15) is 45.6 Å². The van der Waals surface area contributed by atoms with Crippen LogP contribution in [0.2, 0.25) is 0 Å². The van der Waals surface area contributed by atoms with E-state index >= 15 is 0 Å². The van der Waals surface area contributed by atoms with E-state index in [0.717, 1.165) is 0 Å². The van der Waals surface area contributed by atoms with Crippen LogP contribution >= 0.6 is 0 Å². The van der Waals surface area contributed by atoms with Crippen molar-refractivity contribution in [1.29, 1.82) is 0 Å². The van der Waals surface area contributed by atoms with Gasteiger partial charge in [0, 0.05) is 44.9 Å². The van der Waals surface area contributed by atoms with Gasteiger partial charge in [0.05, 0.1) is 0 Å². The Morgan fingerprint density at radius 1 is 0.311 bits per heavy atom. The number of aromatic nitrogens is 6. The number of pyridine rings is 6. The topological polar surface area (TPSA) is 146 Å². The molecule has 0 aliphatic heterocycles. The van der Waals surface area contributed by atoms with Crippen molar-refractivity contribution in [2.24, 2.45) is 0 Å². The maximum Gasteiger partial charge on any atom is 0.229 e. The van der Waals surface area contributed by atoms with Gasteiger partial charge in [-0.1, -0.05) is 36.4 Å². The predicted molar refractivity (Wildman–Crippen MR) is 159 cm³/mol. The van der Waals surface area contributed by atoms with Gasteiger partial charge in [0.15, 0.2) is 0 Å². The van der Waals surface area contributed by atoms with Crippen molar-refractivity contribution in [2.45, 2.75) is 0 Å². The third-order valence-electron chi connectivity index (χ3n) is 6.02. The molecule has 0 amide bonds. The van der Waals surface area contributed by atoms with Gasteiger partial charge in [-0.15, -0.1) is 0 Å². The van der Waals surface area contributed by atoms with E-state index in [1.807, 2.05) is 0 Å². The van der Waals surface area contributed by atoms with Crippen LogP contribution in [0.1, 0.15) is 64.7 Å². The molecule has 0 N–H and O–H groups in total. The standard InChI is InChI=1S/2C17H11N3O2.Ir/c2*21-16(12-6-1-3-10-18-12)14-8-5-9-15(20-14)17(22)13-7-2-4-11-19-13;/h2*1-11H;. The number of carbonyl (C=O) groups is 4. The number of rotatable bonds is 8. The molecule has 0 fully saturated rings. The van der Waals surface area contributed by atoms with Crippen LogP contribution in [0.25, 0.3) is 0 Å². The van der Waals surface area contributed by atoms with Crippen molar-refractivity contribution in [1.82, 2.24) is 29.9 Å². The maximum atomic E-state index is 12.3. The average molecular weight is 771 g/mol. The Hall–Kier alpha value is -5.77. The molecule has 0 spiro atoms. The molecule has 0 atom stereocenters. The molecule has 6 heterocycles. The van der Waals surface area contributed by atoms with Crippen molar-refractivity contribution in [3.05, 3.63) is 180 Å². The first kappa shape index (κ1) is 32.1. The molecule has 0 aliphatic rings. The summed E-state index contributed by atoms with van der Waals surface area (Å²) >= 11 is 0. The van der Waals surface area contributed by atoms with Gasteiger partial charge in [-0.25, -0.2) is 9.97 Å². The number of hydrogen-bond acceptors (Lipinski definition) is 10. The molecule has 6 aromatic heterocycles. The minimum atomic E-state index is -0.323. The van der Waals surface area contributed by atoms with Gasteiger partial charge >= 0.3 is 0 Å². The Balaban J connectivity index is 0.000000200. The van der Waals surface area contributed by atoms with Crippen molar-refractivity contribution in [2.75, 3.05) is 0 Å². The normalized spacial score (nSPS) is 9.96. The molecular formula is C34H22IrN6O4. The second-order valence-corrected chi connectivity index (χ2v) is 8.99. The Kier molecular flexibility index (Phi) is 11.2. The summed E-state index contributed by atoms with van der Waals surface area (Å²) in [7, 11) is 0. The Bertz CT molecular complexity index is 1650. The Morgan fingerprint density at radius 2 is 0.533 bits per heavy atom. The van der Waals surface area contributed by atoms with Crippen LogP contribution in [-0.4, -0.2) is 53.0 Å². The number of hydrogen-bond donors (Lipinski definition) is 0. The number of nitrogens with zero attached hydrogens (tertiary/aromatic N) is 6. The zero-order valence-corrected chi connectivity index (χ0v) is 25.7. The van der Waals surface area contributed by atoms with Gasteiger partial charge in [0.2, 0.25) is 23.1 Å². The summed E-state index contributed by atoms with van der Waals surface area (Å²) in [6.45, 7) is 0. The molecule has 0 saturated carbocycles. The molecule has 0 bridgehead atoms. The molecule has 45 heavy (non-hydrogen) atoms. The molecule has 10 nitrogen and oxygen atoms in total. The van der Waals surface area contributed by atoms with Crippen LogP contribution < -0.4 is 0 Å². The molecule has 0 saturated heterocycles. The smallest absolute Gasteiger partial charge is 0.229 e. The first-order chi connectivity index (χ1) is 21.5. The number of carbonyl (C=O) groups excluding carboxylic acids is 4. The molecule has 0 unspecified atom stereocenters. The minimum absolute atomic E-state index is 0. The van der Waals surface area contributed by atoms with Crippen LogP contribution in [-0.2, 0) is 20.1 Å². The zero-order valence-electron chi connectivity index (χ0n) is 23.4. The molecular weight excluding hydrogens is 749 g/mol. The van der Waals surface area contributed by atoms with Crippen LogP contribution in [0, 0.1) is 0 Å². The van der Waals surface area contributed by atoms with Crippen molar-refractivity contribution in [3.63, 3.8) is 0 Å². The molecule has 6 rings (SSSR count). The summed E-state index contributed by atoms with van der Waals surface area (Å²) in [6, 6.07) is 29.7. The third-order valence-corrected chi connectivity index (χ3v) is 6.02. The molecule has 11 heteroatoms. The van der Waals surface area contributed by atoms with Crippen LogP contribution in [0.15, 0.2) is 134 Å². The van der Waals surface area contributed by atoms with E-state index in [0.29, 0.717) is 0 Å². The van der Waals surface area contributed by atoms with Gasteiger partial charge in [-0.05, 0) is 72.8 Å². The SMILES string of the molecule is O=C(c1ccccn1)c1cccc(C(=O)c2ccccn2)n1.O=C(c1ccccn1)c1cccc(C(=O)c2ccccn2)n1.[Ir]. The second kappa shape index (κ2) is 15.6. The van der Waals surface area contributed by atoms with E-state index in [-0.39, 0.29) is 88.8 Å². The zero-order chi connectivity index (χ0) is 30.7. The van der Waals surface area contributed by atoms with Crippen LogP contribution in [0.4, 0.5) is 0 Å². The Morgan fingerprint density at radius 3 is 0.733 bits per heavy atom. The van der Waals surface area contributed by atoms with Gasteiger partial charge < -0.3 is 0 Å². The molecule has 0 aromatic carbocycles. The van der Waals surface area contributed by atoms with E-state index in [9.17, 15) is 19.2 Å². The van der Waals surface area contributed by atoms with E-state index < -0.39 is 0 Å². The maximum absolute atomic E-state index is 12.3. The summed E-state index contributed by atoms with van der Waals surface area (Å²) in [5.41, 5.74) is 1.88. The largest absolute Gasteiger partial charge is 0.285 e. The van der Waals surface area contributed by atoms with E-state index in [4.69, 9.17) is 0 Å². The first-order valence-electron chi connectivity index (χ1n) is 13.3. The molecule has 1 radical (unpaired) electrons. The van der Waals surface area contributed by atoms with E-state index in [1.165, 1.54) is 24.8 Å². The van der Waals surface area contributed by atoms with Crippen molar-refractivity contribution >= 4 is 23.1 Å². The summed E-state index contributed by atoms with van der Waals surface area (Å²) in [5, 5.41) is 0. The summed E-state index contributed by atoms with van der Waals surface area (Å²) in [4.78, 5) is 73.5. The molecule has 6 aromatic rings. The Labute approximate surface area is 271 Å². The van der Waals surface area contributed by atoms with Gasteiger partial charge in [0.25, 0.3) is 0 Å². The minimum Gasteiger partial charge on any atom is -0.285 e. The van der Waals surface area contributed by atoms with Crippen molar-refractivity contribution in [3.8, 4) is 0 Å². The fourth-order valence-corrected chi connectivity index (χ4v) is 3.89. The van der Waals surface area contributed by atoms with Crippen LogP contribution in [0.3, 0.4) is 0 Å². The predicted octanol–water partition coefficient (Wildman–Crippen LogP) is 4.66. The average Bonchev–Trinajstić information content (AvgIpc) is 3.12. The summed E-state index contributed by atoms with van der Waals surface area (Å²) < 4.78 is 0. The van der Waals surface area contributed by atoms with Gasteiger partial charge in [-0.3, -0.25) is 39.1 Å². The van der Waals surface area contributed by atoms with Gasteiger partial charge in [-0.2, -0.15) is 0 Å².